The lowest BCUT2D eigenvalue weighted by atomic mass is 10.2. The van der Waals surface area contributed by atoms with E-state index in [-0.39, 0.29) is 17.6 Å². The van der Waals surface area contributed by atoms with Gasteiger partial charge in [0.15, 0.2) is 0 Å². The summed E-state index contributed by atoms with van der Waals surface area (Å²) in [6.07, 6.45) is 3.33. The second kappa shape index (κ2) is 8.52. The van der Waals surface area contributed by atoms with Crippen molar-refractivity contribution in [2.75, 3.05) is 13.2 Å². The SMILES string of the molecule is C=C(C)C(=O)O.C=CC(=O)OCC1CCCO1. The molecule has 1 saturated heterocycles. The van der Waals surface area contributed by atoms with Gasteiger partial charge in [-0.05, 0) is 19.8 Å². The summed E-state index contributed by atoms with van der Waals surface area (Å²) in [6.45, 7) is 9.05. The van der Waals surface area contributed by atoms with Crippen LogP contribution in [0.4, 0.5) is 0 Å². The molecule has 1 heterocycles. The van der Waals surface area contributed by atoms with Crippen LogP contribution in [-0.4, -0.2) is 36.4 Å². The van der Waals surface area contributed by atoms with Crippen LogP contribution in [-0.2, 0) is 19.1 Å². The molecule has 0 aliphatic carbocycles. The largest absolute Gasteiger partial charge is 0.478 e. The summed E-state index contributed by atoms with van der Waals surface area (Å²) in [5, 5.41) is 7.89. The maximum Gasteiger partial charge on any atom is 0.330 e. The molecule has 5 heteroatoms. The zero-order valence-corrected chi connectivity index (χ0v) is 9.98. The Bertz CT molecular complexity index is 277. The standard InChI is InChI=1S/C8H12O3.C4H6O2/c1-2-8(9)11-6-7-4-3-5-10-7;1-3(2)4(5)6/h2,7H,1,3-6H2;1H2,2H3,(H,5,6). The average molecular weight is 242 g/mol. The fraction of sp³-hybridized carbons (Fsp3) is 0.500. The predicted molar refractivity (Wildman–Crippen MR) is 62.6 cm³/mol. The van der Waals surface area contributed by atoms with Crippen LogP contribution in [0.3, 0.4) is 0 Å². The molecule has 0 radical (unpaired) electrons. The lowest BCUT2D eigenvalue weighted by Crippen LogP contribution is -2.16. The van der Waals surface area contributed by atoms with Gasteiger partial charge >= 0.3 is 11.9 Å². The van der Waals surface area contributed by atoms with E-state index in [1.807, 2.05) is 0 Å². The van der Waals surface area contributed by atoms with Crippen molar-refractivity contribution in [1.29, 1.82) is 0 Å². The first-order valence-electron chi connectivity index (χ1n) is 5.27. The van der Waals surface area contributed by atoms with Crippen molar-refractivity contribution in [1.82, 2.24) is 0 Å². The smallest absolute Gasteiger partial charge is 0.330 e. The third-order valence-electron chi connectivity index (χ3n) is 1.97. The van der Waals surface area contributed by atoms with Crippen LogP contribution in [0.1, 0.15) is 19.8 Å². The first kappa shape index (κ1) is 15.4. The number of carboxylic acids is 1. The third-order valence-corrected chi connectivity index (χ3v) is 1.97. The van der Waals surface area contributed by atoms with E-state index in [1.165, 1.54) is 6.92 Å². The van der Waals surface area contributed by atoms with Gasteiger partial charge in [0.05, 0.1) is 6.10 Å². The van der Waals surface area contributed by atoms with Gasteiger partial charge < -0.3 is 14.6 Å². The van der Waals surface area contributed by atoms with Crippen LogP contribution in [0.2, 0.25) is 0 Å². The van der Waals surface area contributed by atoms with Crippen LogP contribution in [0.25, 0.3) is 0 Å². The van der Waals surface area contributed by atoms with Gasteiger partial charge in [0.2, 0.25) is 0 Å². The maximum atomic E-state index is 10.6. The zero-order chi connectivity index (χ0) is 13.3. The van der Waals surface area contributed by atoms with Gasteiger partial charge in [-0.3, -0.25) is 0 Å². The average Bonchev–Trinajstić information content (AvgIpc) is 2.79. The van der Waals surface area contributed by atoms with Gasteiger partial charge in [0.1, 0.15) is 6.61 Å². The molecule has 1 fully saturated rings. The van der Waals surface area contributed by atoms with Crippen molar-refractivity contribution in [3.8, 4) is 0 Å². The highest BCUT2D eigenvalue weighted by Gasteiger charge is 2.16. The van der Waals surface area contributed by atoms with Crippen molar-refractivity contribution in [2.45, 2.75) is 25.9 Å². The molecule has 0 aromatic carbocycles. The van der Waals surface area contributed by atoms with Crippen molar-refractivity contribution in [3.05, 3.63) is 24.8 Å². The molecule has 1 N–H and O–H groups in total. The normalized spacial score (nSPS) is 17.6. The Kier molecular flexibility index (Phi) is 7.71. The lowest BCUT2D eigenvalue weighted by Gasteiger charge is -2.07. The highest BCUT2D eigenvalue weighted by atomic mass is 16.6. The molecule has 0 amide bonds. The fourth-order valence-electron chi connectivity index (χ4n) is 1.01. The fourth-order valence-corrected chi connectivity index (χ4v) is 1.01. The highest BCUT2D eigenvalue weighted by molar-refractivity contribution is 5.84. The van der Waals surface area contributed by atoms with Gasteiger partial charge in [-0.2, -0.15) is 0 Å². The minimum absolute atomic E-state index is 0.110. The van der Waals surface area contributed by atoms with Crippen LogP contribution < -0.4 is 0 Å². The molecular weight excluding hydrogens is 224 g/mol. The number of carboxylic acid groups (broad SMARTS) is 1. The topological polar surface area (TPSA) is 72.8 Å². The van der Waals surface area contributed by atoms with Gasteiger partial charge in [0, 0.05) is 18.3 Å². The minimum atomic E-state index is -0.935. The van der Waals surface area contributed by atoms with E-state index in [1.54, 1.807) is 0 Å². The Morgan fingerprint density at radius 3 is 2.53 bits per heavy atom. The molecule has 1 aliphatic rings. The van der Waals surface area contributed by atoms with Gasteiger partial charge in [-0.1, -0.05) is 13.2 Å². The summed E-state index contributed by atoms with van der Waals surface area (Å²) >= 11 is 0. The summed E-state index contributed by atoms with van der Waals surface area (Å²) in [5.74, 6) is -1.31. The Balaban J connectivity index is 0.000000366. The van der Waals surface area contributed by atoms with E-state index in [0.717, 1.165) is 25.5 Å². The van der Waals surface area contributed by atoms with Crippen LogP contribution in [0.15, 0.2) is 24.8 Å². The second-order valence-corrected chi connectivity index (χ2v) is 3.55. The Hall–Kier alpha value is -1.62. The minimum Gasteiger partial charge on any atom is -0.478 e. The molecule has 1 aliphatic heterocycles. The molecule has 0 spiro atoms. The monoisotopic (exact) mass is 242 g/mol. The molecule has 0 bridgehead atoms. The first-order chi connectivity index (χ1) is 7.97. The number of aliphatic carboxylic acids is 1. The molecule has 5 nitrogen and oxygen atoms in total. The number of carbonyl (C=O) groups excluding carboxylic acids is 1. The highest BCUT2D eigenvalue weighted by Crippen LogP contribution is 2.11. The zero-order valence-electron chi connectivity index (χ0n) is 9.98. The van der Waals surface area contributed by atoms with Crippen molar-refractivity contribution in [3.63, 3.8) is 0 Å². The van der Waals surface area contributed by atoms with Crippen LogP contribution in [0.5, 0.6) is 0 Å². The quantitative estimate of drug-likeness (QED) is 0.598. The van der Waals surface area contributed by atoms with Crippen LogP contribution >= 0.6 is 0 Å². The third kappa shape index (κ3) is 8.21. The lowest BCUT2D eigenvalue weighted by molar-refractivity contribution is -0.140. The van der Waals surface area contributed by atoms with Crippen LogP contribution in [0, 0.1) is 0 Å². The Labute approximate surface area is 101 Å². The summed E-state index contributed by atoms with van der Waals surface area (Å²) in [5.41, 5.74) is 0.176. The predicted octanol–water partition coefficient (Wildman–Crippen LogP) is 1.54. The molecular formula is C12H18O5. The Morgan fingerprint density at radius 1 is 1.59 bits per heavy atom. The van der Waals surface area contributed by atoms with E-state index in [9.17, 15) is 9.59 Å². The molecule has 1 rings (SSSR count). The van der Waals surface area contributed by atoms with E-state index >= 15 is 0 Å². The van der Waals surface area contributed by atoms with Crippen molar-refractivity contribution < 1.29 is 24.2 Å². The van der Waals surface area contributed by atoms with Crippen molar-refractivity contribution >= 4 is 11.9 Å². The number of hydrogen-bond acceptors (Lipinski definition) is 4. The molecule has 1 atom stereocenters. The molecule has 17 heavy (non-hydrogen) atoms. The molecule has 0 aromatic rings. The summed E-state index contributed by atoms with van der Waals surface area (Å²) < 4.78 is 10.0. The molecule has 0 saturated carbocycles. The second-order valence-electron chi connectivity index (χ2n) is 3.55. The van der Waals surface area contributed by atoms with Crippen molar-refractivity contribution in [2.24, 2.45) is 0 Å². The summed E-state index contributed by atoms with van der Waals surface area (Å²) in [6, 6.07) is 0. The van der Waals surface area contributed by atoms with Gasteiger partial charge in [-0.25, -0.2) is 9.59 Å². The van der Waals surface area contributed by atoms with E-state index in [0.29, 0.717) is 6.61 Å². The van der Waals surface area contributed by atoms with E-state index in [4.69, 9.17) is 14.6 Å². The van der Waals surface area contributed by atoms with E-state index < -0.39 is 5.97 Å². The van der Waals surface area contributed by atoms with Gasteiger partial charge in [0.25, 0.3) is 0 Å². The van der Waals surface area contributed by atoms with Gasteiger partial charge in [-0.15, -0.1) is 0 Å². The summed E-state index contributed by atoms with van der Waals surface area (Å²) in [7, 11) is 0. The maximum absolute atomic E-state index is 10.6. The number of rotatable bonds is 4. The first-order valence-corrected chi connectivity index (χ1v) is 5.27. The molecule has 96 valence electrons. The molecule has 1 unspecified atom stereocenters. The number of hydrogen-bond donors (Lipinski definition) is 1. The Morgan fingerprint density at radius 2 is 2.18 bits per heavy atom. The summed E-state index contributed by atoms with van der Waals surface area (Å²) in [4.78, 5) is 20.2. The number of ether oxygens (including phenoxy) is 2. The number of esters is 1. The van der Waals surface area contributed by atoms with E-state index in [2.05, 4.69) is 13.2 Å². The molecule has 0 aromatic heterocycles. The number of carbonyl (C=O) groups is 2.